The van der Waals surface area contributed by atoms with Crippen LogP contribution >= 0.6 is 0 Å². The fourth-order valence-electron chi connectivity index (χ4n) is 3.67. The number of unbranched alkanes of at least 4 members (excludes halogenated alkanes) is 3. The third-order valence-corrected chi connectivity index (χ3v) is 5.78. The number of ether oxygens (including phenoxy) is 4. The topological polar surface area (TPSA) is 88.1 Å². The molecular weight excluding hydrogens is 496 g/mol. The predicted molar refractivity (Wildman–Crippen MR) is 148 cm³/mol. The Labute approximate surface area is 229 Å². The smallest absolute Gasteiger partial charge is 0.343 e. The minimum Gasteiger partial charge on any atom is -0.494 e. The number of hydrogen-bond acceptors (Lipinski definition) is 7. The van der Waals surface area contributed by atoms with Crippen LogP contribution in [0.25, 0.3) is 0 Å². The summed E-state index contributed by atoms with van der Waals surface area (Å²) in [7, 11) is 0. The Balaban J connectivity index is 1.38. The molecule has 0 N–H and O–H groups in total. The second kappa shape index (κ2) is 15.8. The monoisotopic (exact) mass is 530 g/mol. The van der Waals surface area contributed by atoms with Crippen molar-refractivity contribution in [1.29, 1.82) is 0 Å². The van der Waals surface area contributed by atoms with Gasteiger partial charge in [0.25, 0.3) is 0 Å². The number of aryl methyl sites for hydroxylation is 1. The number of carbonyl (C=O) groups excluding carboxylic acids is 3. The molecule has 0 radical (unpaired) electrons. The Morgan fingerprint density at radius 3 is 1.67 bits per heavy atom. The van der Waals surface area contributed by atoms with E-state index in [1.165, 1.54) is 5.56 Å². The van der Waals surface area contributed by atoms with Gasteiger partial charge in [-0.2, -0.15) is 0 Å². The van der Waals surface area contributed by atoms with Crippen LogP contribution < -0.4 is 14.2 Å². The van der Waals surface area contributed by atoms with E-state index in [4.69, 9.17) is 18.9 Å². The molecule has 0 bridgehead atoms. The molecule has 0 heterocycles. The largest absolute Gasteiger partial charge is 0.494 e. The van der Waals surface area contributed by atoms with Crippen molar-refractivity contribution in [3.63, 3.8) is 0 Å². The highest BCUT2D eigenvalue weighted by Gasteiger charge is 2.12. The van der Waals surface area contributed by atoms with Gasteiger partial charge in [0.1, 0.15) is 17.2 Å². The predicted octanol–water partition coefficient (Wildman–Crippen LogP) is 6.75. The zero-order valence-electron chi connectivity index (χ0n) is 22.2. The fraction of sp³-hybridized carbons (Fsp3) is 0.281. The second-order valence-corrected chi connectivity index (χ2v) is 8.86. The lowest BCUT2D eigenvalue weighted by Crippen LogP contribution is -2.10. The van der Waals surface area contributed by atoms with Crippen LogP contribution in [-0.4, -0.2) is 31.1 Å². The van der Waals surface area contributed by atoms with Crippen molar-refractivity contribution < 1.29 is 33.3 Å². The standard InChI is InChI=1S/C32H34O7/c1-3-9-24-10-16-28(17-11-24)38-32(35)26-14-20-29(21-15-26)39-31(34)25-12-18-27(19-13-25)36-22-7-5-6-8-23-37-30(33)4-2/h4,10-21H,2-3,5-9,22-23H2,1H3. The van der Waals surface area contributed by atoms with Crippen LogP contribution in [0.3, 0.4) is 0 Å². The lowest BCUT2D eigenvalue weighted by atomic mass is 10.1. The Bertz CT molecular complexity index is 1210. The van der Waals surface area contributed by atoms with Crippen LogP contribution in [0.1, 0.15) is 65.3 Å². The van der Waals surface area contributed by atoms with Gasteiger partial charge < -0.3 is 18.9 Å². The van der Waals surface area contributed by atoms with E-state index in [1.54, 1.807) is 60.7 Å². The van der Waals surface area contributed by atoms with Gasteiger partial charge in [-0.3, -0.25) is 0 Å². The zero-order valence-corrected chi connectivity index (χ0v) is 22.2. The van der Waals surface area contributed by atoms with Gasteiger partial charge in [0.05, 0.1) is 24.3 Å². The Hall–Kier alpha value is -4.39. The van der Waals surface area contributed by atoms with Crippen molar-refractivity contribution in [3.8, 4) is 17.2 Å². The summed E-state index contributed by atoms with van der Waals surface area (Å²) >= 11 is 0. The van der Waals surface area contributed by atoms with Gasteiger partial charge in [-0.15, -0.1) is 0 Å². The highest BCUT2D eigenvalue weighted by Crippen LogP contribution is 2.19. The van der Waals surface area contributed by atoms with E-state index in [0.717, 1.165) is 44.6 Å². The molecule has 0 aromatic heterocycles. The van der Waals surface area contributed by atoms with Crippen LogP contribution in [0, 0.1) is 0 Å². The highest BCUT2D eigenvalue weighted by atomic mass is 16.5. The van der Waals surface area contributed by atoms with Crippen molar-refractivity contribution in [2.45, 2.75) is 45.4 Å². The van der Waals surface area contributed by atoms with Gasteiger partial charge in [0.15, 0.2) is 0 Å². The van der Waals surface area contributed by atoms with Crippen molar-refractivity contribution >= 4 is 17.9 Å². The summed E-state index contributed by atoms with van der Waals surface area (Å²) in [5.74, 6) is 0.0631. The van der Waals surface area contributed by atoms with Gasteiger partial charge in [0, 0.05) is 6.08 Å². The summed E-state index contributed by atoms with van der Waals surface area (Å²) < 4.78 is 21.5. The summed E-state index contributed by atoms with van der Waals surface area (Å²) in [4.78, 5) is 35.9. The SMILES string of the molecule is C=CC(=O)OCCCCCCOc1ccc(C(=O)Oc2ccc(C(=O)Oc3ccc(CCC)cc3)cc2)cc1. The number of rotatable bonds is 15. The van der Waals surface area contributed by atoms with Crippen molar-refractivity contribution in [2.24, 2.45) is 0 Å². The van der Waals surface area contributed by atoms with E-state index in [2.05, 4.69) is 13.5 Å². The molecule has 7 heteroatoms. The molecule has 0 unspecified atom stereocenters. The average molecular weight is 531 g/mol. The maximum atomic E-state index is 12.5. The Morgan fingerprint density at radius 2 is 1.15 bits per heavy atom. The van der Waals surface area contributed by atoms with E-state index in [0.29, 0.717) is 41.6 Å². The molecule has 0 atom stereocenters. The molecule has 0 saturated carbocycles. The zero-order chi connectivity index (χ0) is 27.9. The van der Waals surface area contributed by atoms with Gasteiger partial charge in [-0.05, 0) is 98.3 Å². The van der Waals surface area contributed by atoms with Crippen LogP contribution in [-0.2, 0) is 16.0 Å². The van der Waals surface area contributed by atoms with Crippen molar-refractivity contribution in [2.75, 3.05) is 13.2 Å². The molecule has 0 aliphatic heterocycles. The first-order valence-corrected chi connectivity index (χ1v) is 13.1. The molecule has 3 aromatic rings. The molecule has 3 aromatic carbocycles. The first-order chi connectivity index (χ1) is 19.0. The maximum Gasteiger partial charge on any atom is 0.343 e. The maximum absolute atomic E-state index is 12.5. The van der Waals surface area contributed by atoms with Crippen LogP contribution in [0.5, 0.6) is 17.2 Å². The van der Waals surface area contributed by atoms with Crippen LogP contribution in [0.4, 0.5) is 0 Å². The van der Waals surface area contributed by atoms with Crippen LogP contribution in [0.2, 0.25) is 0 Å². The van der Waals surface area contributed by atoms with E-state index >= 15 is 0 Å². The molecule has 204 valence electrons. The quantitative estimate of drug-likeness (QED) is 0.0930. The second-order valence-electron chi connectivity index (χ2n) is 8.86. The van der Waals surface area contributed by atoms with E-state index in [-0.39, 0.29) is 0 Å². The lowest BCUT2D eigenvalue weighted by molar-refractivity contribution is -0.137. The summed E-state index contributed by atoms with van der Waals surface area (Å²) in [6.45, 7) is 6.42. The third-order valence-electron chi connectivity index (χ3n) is 5.78. The third kappa shape index (κ3) is 10.1. The van der Waals surface area contributed by atoms with Gasteiger partial charge in [-0.25, -0.2) is 14.4 Å². The molecule has 0 spiro atoms. The summed E-state index contributed by atoms with van der Waals surface area (Å²) in [5.41, 5.74) is 1.93. The molecule has 0 amide bonds. The minimum atomic E-state index is -0.513. The Morgan fingerprint density at radius 1 is 0.667 bits per heavy atom. The van der Waals surface area contributed by atoms with Crippen molar-refractivity contribution in [3.05, 3.63) is 102 Å². The molecule has 0 saturated heterocycles. The summed E-state index contributed by atoms with van der Waals surface area (Å²) in [6.07, 6.45) is 6.76. The Kier molecular flexibility index (Phi) is 11.8. The van der Waals surface area contributed by atoms with E-state index in [9.17, 15) is 14.4 Å². The molecule has 0 aliphatic carbocycles. The van der Waals surface area contributed by atoms with Gasteiger partial charge >= 0.3 is 17.9 Å². The van der Waals surface area contributed by atoms with E-state index in [1.807, 2.05) is 12.1 Å². The van der Waals surface area contributed by atoms with Crippen molar-refractivity contribution in [1.82, 2.24) is 0 Å². The first kappa shape index (κ1) is 29.2. The average Bonchev–Trinajstić information content (AvgIpc) is 2.96. The van der Waals surface area contributed by atoms with Gasteiger partial charge in [0.2, 0.25) is 0 Å². The molecule has 0 fully saturated rings. The fourth-order valence-corrected chi connectivity index (χ4v) is 3.67. The van der Waals surface area contributed by atoms with E-state index < -0.39 is 17.9 Å². The molecule has 7 nitrogen and oxygen atoms in total. The van der Waals surface area contributed by atoms with Gasteiger partial charge in [-0.1, -0.05) is 32.1 Å². The normalized spacial score (nSPS) is 10.4. The number of esters is 3. The highest BCUT2D eigenvalue weighted by molar-refractivity contribution is 5.92. The molecule has 0 aliphatic rings. The number of hydrogen-bond donors (Lipinski definition) is 0. The number of carbonyl (C=O) groups is 3. The molecular formula is C32H34O7. The molecule has 39 heavy (non-hydrogen) atoms. The van der Waals surface area contributed by atoms with Crippen LogP contribution in [0.15, 0.2) is 85.5 Å². The minimum absolute atomic E-state index is 0.319. The summed E-state index contributed by atoms with van der Waals surface area (Å²) in [5, 5.41) is 0. The number of benzene rings is 3. The lowest BCUT2D eigenvalue weighted by Gasteiger charge is -2.08. The molecule has 3 rings (SSSR count). The first-order valence-electron chi connectivity index (χ1n) is 13.1. The summed E-state index contributed by atoms with van der Waals surface area (Å²) in [6, 6.07) is 20.4.